The zero-order valence-electron chi connectivity index (χ0n) is 10.7. The molecular formula is C12H22N4O. The summed E-state index contributed by atoms with van der Waals surface area (Å²) in [5.41, 5.74) is 7.18. The first-order valence-electron chi connectivity index (χ1n) is 6.42. The SMILES string of the molecule is CCCn1nncc1C(N)C1(OC)CCCC1. The van der Waals surface area contributed by atoms with Crippen LogP contribution in [0.25, 0.3) is 0 Å². The number of methoxy groups -OCH3 is 1. The minimum Gasteiger partial charge on any atom is -0.376 e. The maximum absolute atomic E-state index is 6.40. The molecule has 2 rings (SSSR count). The molecule has 1 atom stereocenters. The van der Waals surface area contributed by atoms with Crippen LogP contribution in [0.2, 0.25) is 0 Å². The van der Waals surface area contributed by atoms with E-state index in [-0.39, 0.29) is 11.6 Å². The molecule has 1 aromatic rings. The van der Waals surface area contributed by atoms with Gasteiger partial charge in [0.25, 0.3) is 0 Å². The van der Waals surface area contributed by atoms with Crippen molar-refractivity contribution in [2.75, 3.05) is 7.11 Å². The lowest BCUT2D eigenvalue weighted by molar-refractivity contribution is -0.0284. The Morgan fingerprint density at radius 2 is 2.24 bits per heavy atom. The van der Waals surface area contributed by atoms with E-state index in [1.54, 1.807) is 13.3 Å². The lowest BCUT2D eigenvalue weighted by Gasteiger charge is -2.33. The molecule has 96 valence electrons. The van der Waals surface area contributed by atoms with E-state index in [4.69, 9.17) is 10.5 Å². The normalized spacial score (nSPS) is 20.6. The predicted molar refractivity (Wildman–Crippen MR) is 65.4 cm³/mol. The Morgan fingerprint density at radius 1 is 1.53 bits per heavy atom. The summed E-state index contributed by atoms with van der Waals surface area (Å²) >= 11 is 0. The minimum atomic E-state index is -0.215. The van der Waals surface area contributed by atoms with Crippen LogP contribution in [0.3, 0.4) is 0 Å². The van der Waals surface area contributed by atoms with Crippen LogP contribution in [0.15, 0.2) is 6.20 Å². The molecule has 0 spiro atoms. The number of nitrogens with two attached hydrogens (primary N) is 1. The summed E-state index contributed by atoms with van der Waals surface area (Å²) in [6.45, 7) is 2.99. The number of aromatic nitrogens is 3. The second kappa shape index (κ2) is 5.14. The Morgan fingerprint density at radius 3 is 2.82 bits per heavy atom. The van der Waals surface area contributed by atoms with Gasteiger partial charge in [-0.1, -0.05) is 25.0 Å². The van der Waals surface area contributed by atoms with Crippen LogP contribution >= 0.6 is 0 Å². The summed E-state index contributed by atoms with van der Waals surface area (Å²) in [7, 11) is 1.76. The number of hydrogen-bond donors (Lipinski definition) is 1. The van der Waals surface area contributed by atoms with Crippen molar-refractivity contribution in [1.29, 1.82) is 0 Å². The van der Waals surface area contributed by atoms with E-state index in [2.05, 4.69) is 17.2 Å². The third-order valence-corrected chi connectivity index (χ3v) is 3.82. The molecule has 0 radical (unpaired) electrons. The number of ether oxygens (including phenoxy) is 1. The number of nitrogens with zero attached hydrogens (tertiary/aromatic N) is 3. The van der Waals surface area contributed by atoms with Crippen molar-refractivity contribution in [3.8, 4) is 0 Å². The monoisotopic (exact) mass is 238 g/mol. The molecule has 1 unspecified atom stereocenters. The first kappa shape index (κ1) is 12.5. The fraction of sp³-hybridized carbons (Fsp3) is 0.833. The summed E-state index contributed by atoms with van der Waals surface area (Å²) in [6.07, 6.45) is 7.25. The van der Waals surface area contributed by atoms with Gasteiger partial charge in [0, 0.05) is 13.7 Å². The first-order valence-corrected chi connectivity index (χ1v) is 6.42. The van der Waals surface area contributed by atoms with Crippen molar-refractivity contribution in [2.45, 2.75) is 57.2 Å². The first-order chi connectivity index (χ1) is 8.23. The van der Waals surface area contributed by atoms with Crippen molar-refractivity contribution >= 4 is 0 Å². The highest BCUT2D eigenvalue weighted by molar-refractivity contribution is 5.11. The van der Waals surface area contributed by atoms with Gasteiger partial charge in [-0.2, -0.15) is 0 Å². The van der Waals surface area contributed by atoms with E-state index in [9.17, 15) is 0 Å². The fourth-order valence-corrected chi connectivity index (χ4v) is 2.78. The Kier molecular flexibility index (Phi) is 3.79. The van der Waals surface area contributed by atoms with Gasteiger partial charge in [0.05, 0.1) is 23.5 Å². The average molecular weight is 238 g/mol. The summed E-state index contributed by atoms with van der Waals surface area (Å²) in [5, 5.41) is 8.07. The number of aryl methyl sites for hydroxylation is 1. The molecule has 1 heterocycles. The van der Waals surface area contributed by atoms with Gasteiger partial charge in [-0.05, 0) is 19.3 Å². The zero-order chi connectivity index (χ0) is 12.3. The Labute approximate surface area is 102 Å². The molecule has 2 N–H and O–H groups in total. The van der Waals surface area contributed by atoms with Crippen LogP contribution in [0.5, 0.6) is 0 Å². The van der Waals surface area contributed by atoms with Crippen LogP contribution < -0.4 is 5.73 Å². The summed E-state index contributed by atoms with van der Waals surface area (Å²) in [6, 6.07) is -0.128. The standard InChI is InChI=1S/C12H22N4O/c1-3-8-16-10(9-14-15-16)11(13)12(17-2)6-4-5-7-12/h9,11H,3-8,13H2,1-2H3. The molecule has 0 amide bonds. The van der Waals surface area contributed by atoms with E-state index in [1.165, 1.54) is 12.8 Å². The molecule has 1 fully saturated rings. The van der Waals surface area contributed by atoms with Gasteiger partial charge in [-0.25, -0.2) is 4.68 Å². The lowest BCUT2D eigenvalue weighted by atomic mass is 9.90. The summed E-state index contributed by atoms with van der Waals surface area (Å²) in [5.74, 6) is 0. The molecule has 0 aliphatic heterocycles. The van der Waals surface area contributed by atoms with Gasteiger partial charge < -0.3 is 10.5 Å². The molecule has 0 aromatic carbocycles. The quantitative estimate of drug-likeness (QED) is 0.847. The second-order valence-electron chi connectivity index (χ2n) is 4.84. The van der Waals surface area contributed by atoms with Gasteiger partial charge in [0.1, 0.15) is 0 Å². The van der Waals surface area contributed by atoms with Gasteiger partial charge in [0.2, 0.25) is 0 Å². The molecule has 1 aromatic heterocycles. The van der Waals surface area contributed by atoms with Crippen LogP contribution in [0.4, 0.5) is 0 Å². The minimum absolute atomic E-state index is 0.128. The Hall–Kier alpha value is -0.940. The Bertz CT molecular complexity index is 357. The van der Waals surface area contributed by atoms with E-state index in [0.29, 0.717) is 0 Å². The maximum Gasteiger partial charge on any atom is 0.0886 e. The van der Waals surface area contributed by atoms with E-state index in [1.807, 2.05) is 4.68 Å². The van der Waals surface area contributed by atoms with Crippen LogP contribution in [-0.4, -0.2) is 27.7 Å². The molecule has 1 aliphatic rings. The van der Waals surface area contributed by atoms with E-state index in [0.717, 1.165) is 31.5 Å². The summed E-state index contributed by atoms with van der Waals surface area (Å²) < 4.78 is 7.63. The number of hydrogen-bond acceptors (Lipinski definition) is 4. The van der Waals surface area contributed by atoms with Crippen LogP contribution in [-0.2, 0) is 11.3 Å². The van der Waals surface area contributed by atoms with Crippen molar-refractivity contribution in [3.63, 3.8) is 0 Å². The lowest BCUT2D eigenvalue weighted by Crippen LogP contribution is -2.41. The predicted octanol–water partition coefficient (Wildman–Crippen LogP) is 1.65. The molecule has 0 bridgehead atoms. The highest BCUT2D eigenvalue weighted by atomic mass is 16.5. The van der Waals surface area contributed by atoms with Crippen molar-refractivity contribution in [3.05, 3.63) is 11.9 Å². The van der Waals surface area contributed by atoms with Crippen molar-refractivity contribution < 1.29 is 4.74 Å². The molecule has 1 aliphatic carbocycles. The van der Waals surface area contributed by atoms with Gasteiger partial charge >= 0.3 is 0 Å². The van der Waals surface area contributed by atoms with Gasteiger partial charge in [-0.15, -0.1) is 5.10 Å². The maximum atomic E-state index is 6.40. The molecule has 0 saturated heterocycles. The van der Waals surface area contributed by atoms with Crippen LogP contribution in [0, 0.1) is 0 Å². The molecule has 1 saturated carbocycles. The molecule has 5 nitrogen and oxygen atoms in total. The van der Waals surface area contributed by atoms with Crippen molar-refractivity contribution in [1.82, 2.24) is 15.0 Å². The molecular weight excluding hydrogens is 216 g/mol. The van der Waals surface area contributed by atoms with E-state index >= 15 is 0 Å². The second-order valence-corrected chi connectivity index (χ2v) is 4.84. The van der Waals surface area contributed by atoms with Crippen molar-refractivity contribution in [2.24, 2.45) is 5.73 Å². The zero-order valence-corrected chi connectivity index (χ0v) is 10.7. The highest BCUT2D eigenvalue weighted by Crippen LogP contribution is 2.40. The van der Waals surface area contributed by atoms with Gasteiger partial charge in [0.15, 0.2) is 0 Å². The van der Waals surface area contributed by atoms with Crippen LogP contribution in [0.1, 0.15) is 50.8 Å². The molecule has 17 heavy (non-hydrogen) atoms. The smallest absolute Gasteiger partial charge is 0.0886 e. The third kappa shape index (κ3) is 2.21. The summed E-state index contributed by atoms with van der Waals surface area (Å²) in [4.78, 5) is 0. The van der Waals surface area contributed by atoms with Gasteiger partial charge in [-0.3, -0.25) is 0 Å². The topological polar surface area (TPSA) is 66.0 Å². The molecule has 5 heteroatoms. The van der Waals surface area contributed by atoms with E-state index < -0.39 is 0 Å². The largest absolute Gasteiger partial charge is 0.376 e. The number of rotatable bonds is 5. The third-order valence-electron chi connectivity index (χ3n) is 3.82. The Balaban J connectivity index is 2.22. The average Bonchev–Trinajstić information content (AvgIpc) is 2.97. The highest BCUT2D eigenvalue weighted by Gasteiger charge is 2.41. The fourth-order valence-electron chi connectivity index (χ4n) is 2.78.